The van der Waals surface area contributed by atoms with E-state index >= 15 is 0 Å². The van der Waals surface area contributed by atoms with Gasteiger partial charge in [0.2, 0.25) is 5.90 Å². The minimum absolute atomic E-state index is 0.169. The van der Waals surface area contributed by atoms with Gasteiger partial charge in [0.1, 0.15) is 22.9 Å². The van der Waals surface area contributed by atoms with Crippen LogP contribution in [-0.2, 0) is 15.8 Å². The molecule has 6 aromatic rings. The number of nitrogens with zero attached hydrogens (tertiary/aromatic N) is 3. The van der Waals surface area contributed by atoms with Gasteiger partial charge in [-0.3, -0.25) is 4.57 Å². The molecular formula is C43H43N3O2. The summed E-state index contributed by atoms with van der Waals surface area (Å²) in [6, 6.07) is 30.1. The first-order chi connectivity index (χ1) is 22.8. The van der Waals surface area contributed by atoms with E-state index in [4.69, 9.17) is 19.5 Å². The van der Waals surface area contributed by atoms with Crippen LogP contribution in [0.1, 0.15) is 80.5 Å². The Morgan fingerprint density at radius 3 is 2.27 bits per heavy atom. The second kappa shape index (κ2) is 10.3. The lowest BCUT2D eigenvalue weighted by molar-refractivity contribution is 0.00857. The average Bonchev–Trinajstić information content (AvgIpc) is 3.52. The number of fused-ring (bicyclic) bond motifs is 5. The standard InChI is InChI=1S/C43H43N3O2/c1-25(2)42(8)43(9,30-14-11-10-12-15-30)48-40(45-42)29-18-26(3)19-31(23-29)47-37-24-36-32(22-28(37)5)33-20-27(4)21-35-38(33)46(36)39-34(41(35,6)7)16-13-17-44-39/h10-25H,1-9H3/t42-,43-/m1/s1. The van der Waals surface area contributed by atoms with Crippen molar-refractivity contribution >= 4 is 27.7 Å². The molecule has 242 valence electrons. The number of benzene rings is 4. The van der Waals surface area contributed by atoms with Crippen LogP contribution < -0.4 is 4.74 Å². The van der Waals surface area contributed by atoms with Gasteiger partial charge in [0, 0.05) is 39.6 Å². The van der Waals surface area contributed by atoms with E-state index in [0.717, 1.165) is 45.1 Å². The van der Waals surface area contributed by atoms with Gasteiger partial charge in [0.05, 0.1) is 11.0 Å². The number of rotatable bonds is 5. The SMILES string of the molecule is Cc1cc(Oc2cc3c(cc2C)c2cc(C)cc4c2n3-c2ncccc2C4(C)C)cc(C2=N[C@](C)(C(C)C)[C@@](C)(c3ccccc3)O2)c1. The van der Waals surface area contributed by atoms with Crippen molar-refractivity contribution in [3.63, 3.8) is 0 Å². The fourth-order valence-corrected chi connectivity index (χ4v) is 8.04. The minimum atomic E-state index is -0.612. The molecule has 5 nitrogen and oxygen atoms in total. The van der Waals surface area contributed by atoms with Gasteiger partial charge < -0.3 is 9.47 Å². The van der Waals surface area contributed by atoms with Crippen LogP contribution in [0.2, 0.25) is 0 Å². The summed E-state index contributed by atoms with van der Waals surface area (Å²) >= 11 is 0. The third-order valence-electron chi connectivity index (χ3n) is 11.2. The van der Waals surface area contributed by atoms with Crippen molar-refractivity contribution in [3.05, 3.63) is 130 Å². The normalized spacial score (nSPS) is 21.0. The Balaban J connectivity index is 1.24. The van der Waals surface area contributed by atoms with Crippen molar-refractivity contribution in [3.8, 4) is 17.3 Å². The van der Waals surface area contributed by atoms with Gasteiger partial charge in [-0.25, -0.2) is 9.98 Å². The Bertz CT molecular complexity index is 2310. The predicted octanol–water partition coefficient (Wildman–Crippen LogP) is 10.6. The molecule has 2 aliphatic rings. The van der Waals surface area contributed by atoms with Crippen molar-refractivity contribution in [1.29, 1.82) is 0 Å². The molecule has 0 amide bonds. The Hall–Kier alpha value is -4.90. The van der Waals surface area contributed by atoms with Crippen molar-refractivity contribution < 1.29 is 9.47 Å². The van der Waals surface area contributed by atoms with Crippen LogP contribution in [0, 0.1) is 26.7 Å². The number of hydrogen-bond donors (Lipinski definition) is 0. The fourth-order valence-electron chi connectivity index (χ4n) is 8.04. The number of aromatic nitrogens is 2. The average molecular weight is 634 g/mol. The van der Waals surface area contributed by atoms with Crippen molar-refractivity contribution in [2.24, 2.45) is 10.9 Å². The largest absolute Gasteiger partial charge is 0.464 e. The number of pyridine rings is 1. The van der Waals surface area contributed by atoms with Crippen molar-refractivity contribution in [2.75, 3.05) is 0 Å². The molecule has 2 atom stereocenters. The topological polar surface area (TPSA) is 48.6 Å². The first kappa shape index (κ1) is 30.4. The van der Waals surface area contributed by atoms with Gasteiger partial charge in [0.15, 0.2) is 5.60 Å². The second-order valence-electron chi connectivity index (χ2n) is 15.0. The highest BCUT2D eigenvalue weighted by Gasteiger charge is 2.55. The maximum Gasteiger partial charge on any atom is 0.217 e. The molecule has 0 aliphatic carbocycles. The number of ether oxygens (including phenoxy) is 2. The molecule has 0 fully saturated rings. The van der Waals surface area contributed by atoms with Crippen LogP contribution in [-0.4, -0.2) is 21.0 Å². The minimum Gasteiger partial charge on any atom is -0.464 e. The van der Waals surface area contributed by atoms with Crippen LogP contribution in [0.3, 0.4) is 0 Å². The van der Waals surface area contributed by atoms with Gasteiger partial charge in [-0.05, 0) is 99.2 Å². The van der Waals surface area contributed by atoms with E-state index in [2.05, 4.69) is 140 Å². The summed E-state index contributed by atoms with van der Waals surface area (Å²) in [7, 11) is 0. The number of aryl methyl sites for hydroxylation is 3. The molecule has 2 aliphatic heterocycles. The smallest absolute Gasteiger partial charge is 0.217 e. The summed E-state index contributed by atoms with van der Waals surface area (Å²) < 4.78 is 16.0. The third-order valence-corrected chi connectivity index (χ3v) is 11.2. The van der Waals surface area contributed by atoms with Gasteiger partial charge >= 0.3 is 0 Å². The van der Waals surface area contributed by atoms with Crippen LogP contribution in [0.15, 0.2) is 96.1 Å². The van der Waals surface area contributed by atoms with E-state index < -0.39 is 11.1 Å². The van der Waals surface area contributed by atoms with E-state index in [0.29, 0.717) is 5.90 Å². The molecular weight excluding hydrogens is 590 g/mol. The number of aliphatic imine (C=N–C) groups is 1. The van der Waals surface area contributed by atoms with Gasteiger partial charge in [-0.1, -0.05) is 75.7 Å². The molecule has 0 bridgehead atoms. The lowest BCUT2D eigenvalue weighted by Gasteiger charge is -2.40. The van der Waals surface area contributed by atoms with E-state index in [1.807, 2.05) is 18.3 Å². The molecule has 8 rings (SSSR count). The molecule has 0 N–H and O–H groups in total. The second-order valence-corrected chi connectivity index (χ2v) is 15.0. The Morgan fingerprint density at radius 1 is 0.771 bits per heavy atom. The van der Waals surface area contributed by atoms with Gasteiger partial charge in [-0.15, -0.1) is 0 Å². The van der Waals surface area contributed by atoms with E-state index in [1.54, 1.807) is 0 Å². The van der Waals surface area contributed by atoms with E-state index in [1.165, 1.54) is 33.0 Å². The van der Waals surface area contributed by atoms with Crippen LogP contribution in [0.4, 0.5) is 0 Å². The maximum absolute atomic E-state index is 6.87. The molecule has 2 aromatic heterocycles. The Kier molecular flexibility index (Phi) is 6.53. The summed E-state index contributed by atoms with van der Waals surface area (Å²) in [5.74, 6) is 3.45. The molecule has 0 saturated carbocycles. The zero-order valence-electron chi connectivity index (χ0n) is 29.4. The first-order valence-electron chi connectivity index (χ1n) is 17.0. The molecule has 0 unspecified atom stereocenters. The van der Waals surface area contributed by atoms with Gasteiger partial charge in [-0.2, -0.15) is 0 Å². The summed E-state index contributed by atoms with van der Waals surface area (Å²) in [5.41, 5.74) is 9.09. The highest BCUT2D eigenvalue weighted by Crippen LogP contribution is 2.50. The van der Waals surface area contributed by atoms with Crippen LogP contribution in [0.5, 0.6) is 11.5 Å². The lowest BCUT2D eigenvalue weighted by atomic mass is 9.72. The molecule has 5 heteroatoms. The monoisotopic (exact) mass is 633 g/mol. The summed E-state index contributed by atoms with van der Waals surface area (Å²) in [6.07, 6.45) is 1.90. The van der Waals surface area contributed by atoms with E-state index in [-0.39, 0.29) is 11.3 Å². The Labute approximate surface area is 283 Å². The molecule has 48 heavy (non-hydrogen) atoms. The van der Waals surface area contributed by atoms with Crippen molar-refractivity contribution in [1.82, 2.24) is 9.55 Å². The summed E-state index contributed by atoms with van der Waals surface area (Å²) in [5, 5.41) is 2.46. The van der Waals surface area contributed by atoms with Gasteiger partial charge in [0.25, 0.3) is 0 Å². The molecule has 0 spiro atoms. The quantitative estimate of drug-likeness (QED) is 0.190. The van der Waals surface area contributed by atoms with Crippen molar-refractivity contribution in [2.45, 2.75) is 78.9 Å². The fraction of sp³-hybridized carbons (Fsp3) is 0.302. The molecule has 4 heterocycles. The zero-order valence-corrected chi connectivity index (χ0v) is 29.4. The maximum atomic E-state index is 6.87. The zero-order chi connectivity index (χ0) is 33.7. The molecule has 4 aromatic carbocycles. The predicted molar refractivity (Wildman–Crippen MR) is 196 cm³/mol. The highest BCUT2D eigenvalue weighted by molar-refractivity contribution is 6.12. The highest BCUT2D eigenvalue weighted by atomic mass is 16.5. The van der Waals surface area contributed by atoms with Crippen LogP contribution >= 0.6 is 0 Å². The summed E-state index contributed by atoms with van der Waals surface area (Å²) in [4.78, 5) is 10.2. The summed E-state index contributed by atoms with van der Waals surface area (Å²) in [6.45, 7) is 19.8. The molecule has 0 radical (unpaired) electrons. The first-order valence-corrected chi connectivity index (χ1v) is 17.0. The van der Waals surface area contributed by atoms with Crippen LogP contribution in [0.25, 0.3) is 27.6 Å². The molecule has 0 saturated heterocycles. The lowest BCUT2D eigenvalue weighted by Crippen LogP contribution is -2.47. The third kappa shape index (κ3) is 4.22. The number of hydrogen-bond acceptors (Lipinski definition) is 4. The Morgan fingerprint density at radius 2 is 1.52 bits per heavy atom. The van der Waals surface area contributed by atoms with E-state index in [9.17, 15) is 0 Å².